The van der Waals surface area contributed by atoms with Gasteiger partial charge in [-0.05, 0) is 43.1 Å². The van der Waals surface area contributed by atoms with Crippen LogP contribution in [0.1, 0.15) is 28.8 Å². The number of rotatable bonds is 4. The van der Waals surface area contributed by atoms with Crippen molar-refractivity contribution in [1.29, 1.82) is 0 Å². The van der Waals surface area contributed by atoms with Gasteiger partial charge in [0, 0.05) is 24.2 Å². The average molecular weight is 319 g/mol. The second-order valence-corrected chi connectivity index (χ2v) is 6.12. The lowest BCUT2D eigenvalue weighted by atomic mass is 10.0. The molecule has 0 saturated carbocycles. The molecule has 0 bridgehead atoms. The molecule has 22 heavy (non-hydrogen) atoms. The van der Waals surface area contributed by atoms with Gasteiger partial charge in [-0.1, -0.05) is 23.7 Å². The summed E-state index contributed by atoms with van der Waals surface area (Å²) in [6.45, 7) is 2.81. The molecule has 1 aromatic carbocycles. The lowest BCUT2D eigenvalue weighted by Gasteiger charge is -2.33. The lowest BCUT2D eigenvalue weighted by molar-refractivity contribution is 0.0900. The number of furan rings is 1. The fraction of sp³-hybridized carbons (Fsp3) is 0.353. The Morgan fingerprint density at radius 1 is 1.32 bits per heavy atom. The zero-order chi connectivity index (χ0) is 15.4. The summed E-state index contributed by atoms with van der Waals surface area (Å²) < 4.78 is 4.95. The number of nitrogens with one attached hydrogen (secondary N) is 1. The average Bonchev–Trinajstić information content (AvgIpc) is 3.04. The van der Waals surface area contributed by atoms with Crippen molar-refractivity contribution >= 4 is 17.5 Å². The summed E-state index contributed by atoms with van der Waals surface area (Å²) in [5, 5.41) is 3.84. The monoisotopic (exact) mass is 318 g/mol. The van der Waals surface area contributed by atoms with Gasteiger partial charge in [0.25, 0.3) is 5.91 Å². The van der Waals surface area contributed by atoms with Crippen molar-refractivity contribution in [1.82, 2.24) is 10.2 Å². The van der Waals surface area contributed by atoms with E-state index >= 15 is 0 Å². The van der Waals surface area contributed by atoms with Crippen LogP contribution in [0.2, 0.25) is 5.02 Å². The largest absolute Gasteiger partial charge is 0.472 e. The van der Waals surface area contributed by atoms with Crippen molar-refractivity contribution in [3.05, 3.63) is 59.0 Å². The van der Waals surface area contributed by atoms with Crippen LogP contribution in [0.3, 0.4) is 0 Å². The SMILES string of the molecule is O=C(NC1CCCN(Cc2ccc(Cl)cc2)C1)c1ccoc1. The summed E-state index contributed by atoms with van der Waals surface area (Å²) in [4.78, 5) is 14.4. The molecular formula is C17H19ClN2O2. The van der Waals surface area contributed by atoms with E-state index in [9.17, 15) is 4.79 Å². The zero-order valence-corrected chi connectivity index (χ0v) is 13.1. The van der Waals surface area contributed by atoms with E-state index < -0.39 is 0 Å². The van der Waals surface area contributed by atoms with Crippen molar-refractivity contribution in [2.24, 2.45) is 0 Å². The molecule has 1 aliphatic heterocycles. The third kappa shape index (κ3) is 3.90. The number of hydrogen-bond donors (Lipinski definition) is 1. The first-order valence-electron chi connectivity index (χ1n) is 7.50. The highest BCUT2D eigenvalue weighted by molar-refractivity contribution is 6.30. The molecule has 1 fully saturated rings. The third-order valence-electron chi connectivity index (χ3n) is 3.94. The first-order chi connectivity index (χ1) is 10.7. The minimum absolute atomic E-state index is 0.0629. The molecule has 4 nitrogen and oxygen atoms in total. The van der Waals surface area contributed by atoms with Crippen LogP contribution in [0, 0.1) is 0 Å². The summed E-state index contributed by atoms with van der Waals surface area (Å²) in [7, 11) is 0. The minimum atomic E-state index is -0.0629. The zero-order valence-electron chi connectivity index (χ0n) is 12.3. The maximum absolute atomic E-state index is 12.1. The van der Waals surface area contributed by atoms with Crippen LogP contribution in [0.4, 0.5) is 0 Å². The van der Waals surface area contributed by atoms with Gasteiger partial charge in [-0.15, -0.1) is 0 Å². The van der Waals surface area contributed by atoms with Crippen molar-refractivity contribution in [3.8, 4) is 0 Å². The predicted octanol–water partition coefficient (Wildman–Crippen LogP) is 3.33. The van der Waals surface area contributed by atoms with Gasteiger partial charge in [-0.3, -0.25) is 9.69 Å². The Labute approximate surface area is 135 Å². The molecule has 116 valence electrons. The predicted molar refractivity (Wildman–Crippen MR) is 85.9 cm³/mol. The first kappa shape index (κ1) is 15.1. The number of hydrogen-bond acceptors (Lipinski definition) is 3. The van der Waals surface area contributed by atoms with Crippen molar-refractivity contribution in [2.75, 3.05) is 13.1 Å². The summed E-state index contributed by atoms with van der Waals surface area (Å²) in [5.74, 6) is -0.0629. The molecule has 2 heterocycles. The van der Waals surface area contributed by atoms with Gasteiger partial charge in [0.05, 0.1) is 11.8 Å². The standard InChI is InChI=1S/C17H19ClN2O2/c18-15-5-3-13(4-6-15)10-20-8-1-2-16(11-20)19-17(21)14-7-9-22-12-14/h3-7,9,12,16H,1-2,8,10-11H2,(H,19,21). The Morgan fingerprint density at radius 2 is 2.14 bits per heavy atom. The smallest absolute Gasteiger partial charge is 0.254 e. The summed E-state index contributed by atoms with van der Waals surface area (Å²) >= 11 is 5.91. The number of nitrogens with zero attached hydrogens (tertiary/aromatic N) is 1. The molecule has 2 aromatic rings. The van der Waals surface area contributed by atoms with E-state index in [-0.39, 0.29) is 11.9 Å². The fourth-order valence-corrected chi connectivity index (χ4v) is 2.95. The van der Waals surface area contributed by atoms with Gasteiger partial charge in [-0.25, -0.2) is 0 Å². The molecule has 0 radical (unpaired) electrons. The van der Waals surface area contributed by atoms with Crippen LogP contribution in [-0.2, 0) is 6.54 Å². The van der Waals surface area contributed by atoms with E-state index in [4.69, 9.17) is 16.0 Å². The highest BCUT2D eigenvalue weighted by Gasteiger charge is 2.22. The Balaban J connectivity index is 1.55. The maximum Gasteiger partial charge on any atom is 0.254 e. The molecule has 0 spiro atoms. The highest BCUT2D eigenvalue weighted by Crippen LogP contribution is 2.16. The number of likely N-dealkylation sites (tertiary alicyclic amines) is 1. The molecule has 1 atom stereocenters. The molecule has 1 amide bonds. The molecule has 0 aliphatic carbocycles. The van der Waals surface area contributed by atoms with E-state index in [1.165, 1.54) is 18.1 Å². The molecule has 1 aliphatic rings. The van der Waals surface area contributed by atoms with Crippen LogP contribution in [0.25, 0.3) is 0 Å². The normalized spacial score (nSPS) is 19.0. The molecule has 3 rings (SSSR count). The van der Waals surface area contributed by atoms with Gasteiger partial charge in [0.1, 0.15) is 6.26 Å². The van der Waals surface area contributed by atoms with Gasteiger partial charge < -0.3 is 9.73 Å². The van der Waals surface area contributed by atoms with Crippen molar-refractivity contribution in [3.63, 3.8) is 0 Å². The Morgan fingerprint density at radius 3 is 2.86 bits per heavy atom. The van der Waals surface area contributed by atoms with Crippen molar-refractivity contribution < 1.29 is 9.21 Å². The van der Waals surface area contributed by atoms with Gasteiger partial charge in [-0.2, -0.15) is 0 Å². The van der Waals surface area contributed by atoms with Crippen LogP contribution in [0.5, 0.6) is 0 Å². The van der Waals surface area contributed by atoms with Crippen LogP contribution in [0.15, 0.2) is 47.3 Å². The molecule has 1 N–H and O–H groups in total. The second kappa shape index (κ2) is 6.99. The number of carbonyl (C=O) groups is 1. The molecule has 5 heteroatoms. The molecular weight excluding hydrogens is 300 g/mol. The Kier molecular flexibility index (Phi) is 4.80. The summed E-state index contributed by atoms with van der Waals surface area (Å²) in [5.41, 5.74) is 1.82. The summed E-state index contributed by atoms with van der Waals surface area (Å²) in [6.07, 6.45) is 5.09. The van der Waals surface area contributed by atoms with Gasteiger partial charge in [0.2, 0.25) is 0 Å². The second-order valence-electron chi connectivity index (χ2n) is 5.69. The van der Waals surface area contributed by atoms with E-state index in [1.54, 1.807) is 6.07 Å². The van der Waals surface area contributed by atoms with E-state index in [0.717, 1.165) is 37.5 Å². The van der Waals surface area contributed by atoms with Crippen molar-refractivity contribution in [2.45, 2.75) is 25.4 Å². The first-order valence-corrected chi connectivity index (χ1v) is 7.88. The van der Waals surface area contributed by atoms with Crippen LogP contribution in [-0.4, -0.2) is 29.9 Å². The number of halogens is 1. The van der Waals surface area contributed by atoms with E-state index in [0.29, 0.717) is 5.56 Å². The highest BCUT2D eigenvalue weighted by atomic mass is 35.5. The van der Waals surface area contributed by atoms with Gasteiger partial charge >= 0.3 is 0 Å². The van der Waals surface area contributed by atoms with Crippen LogP contribution < -0.4 is 5.32 Å². The van der Waals surface area contributed by atoms with E-state index in [2.05, 4.69) is 22.3 Å². The van der Waals surface area contributed by atoms with Gasteiger partial charge in [0.15, 0.2) is 0 Å². The Bertz CT molecular complexity index is 610. The third-order valence-corrected chi connectivity index (χ3v) is 4.20. The molecule has 1 unspecified atom stereocenters. The minimum Gasteiger partial charge on any atom is -0.472 e. The number of benzene rings is 1. The molecule has 1 aromatic heterocycles. The molecule has 1 saturated heterocycles. The maximum atomic E-state index is 12.1. The van der Waals surface area contributed by atoms with Crippen LogP contribution >= 0.6 is 11.6 Å². The van der Waals surface area contributed by atoms with E-state index in [1.807, 2.05) is 12.1 Å². The number of amides is 1. The Hall–Kier alpha value is -1.78. The fourth-order valence-electron chi connectivity index (χ4n) is 2.83. The quantitative estimate of drug-likeness (QED) is 0.940. The number of piperidine rings is 1. The lowest BCUT2D eigenvalue weighted by Crippen LogP contribution is -2.47. The number of carbonyl (C=O) groups excluding carboxylic acids is 1. The summed E-state index contributed by atoms with van der Waals surface area (Å²) in [6, 6.07) is 9.80. The topological polar surface area (TPSA) is 45.5 Å².